The monoisotopic (exact) mass is 282 g/mol. The Labute approximate surface area is 119 Å². The first kappa shape index (κ1) is 16.0. The Morgan fingerprint density at radius 1 is 1.37 bits per heavy atom. The highest BCUT2D eigenvalue weighted by molar-refractivity contribution is 7.98. The van der Waals surface area contributed by atoms with Crippen molar-refractivity contribution in [3.63, 3.8) is 0 Å². The van der Waals surface area contributed by atoms with Crippen molar-refractivity contribution >= 4 is 17.7 Å². The second kappa shape index (κ2) is 8.96. The van der Waals surface area contributed by atoms with Crippen LogP contribution >= 0.6 is 11.8 Å². The van der Waals surface area contributed by atoms with Crippen LogP contribution in [0.2, 0.25) is 0 Å². The molecule has 1 atom stereocenters. The molecule has 1 amide bonds. The van der Waals surface area contributed by atoms with Crippen molar-refractivity contribution in [1.82, 2.24) is 10.6 Å². The van der Waals surface area contributed by atoms with Crippen molar-refractivity contribution in [3.8, 4) is 0 Å². The maximum Gasteiger partial charge on any atom is 0.234 e. The fourth-order valence-electron chi connectivity index (χ4n) is 1.61. The molecule has 0 aliphatic rings. The van der Waals surface area contributed by atoms with Gasteiger partial charge in [0, 0.05) is 24.6 Å². The number of ether oxygens (including phenoxy) is 1. The molecule has 0 saturated heterocycles. The molecular weight excluding hydrogens is 260 g/mol. The van der Waals surface area contributed by atoms with Gasteiger partial charge in [0.15, 0.2) is 0 Å². The van der Waals surface area contributed by atoms with Crippen LogP contribution in [0, 0.1) is 0 Å². The van der Waals surface area contributed by atoms with Gasteiger partial charge in [0.25, 0.3) is 0 Å². The summed E-state index contributed by atoms with van der Waals surface area (Å²) in [6, 6.07) is 8.52. The first-order valence-corrected chi connectivity index (χ1v) is 7.52. The zero-order valence-corrected chi connectivity index (χ0v) is 12.5. The molecule has 0 aromatic heterocycles. The summed E-state index contributed by atoms with van der Waals surface area (Å²) < 4.78 is 4.87. The lowest BCUT2D eigenvalue weighted by atomic mass is 10.1. The third kappa shape index (κ3) is 6.09. The third-order valence-corrected chi connectivity index (χ3v) is 3.56. The van der Waals surface area contributed by atoms with Crippen LogP contribution in [0.5, 0.6) is 0 Å². The molecule has 0 aliphatic heterocycles. The van der Waals surface area contributed by atoms with E-state index < -0.39 is 0 Å². The van der Waals surface area contributed by atoms with Gasteiger partial charge in [-0.05, 0) is 30.9 Å². The van der Waals surface area contributed by atoms with Crippen LogP contribution in [-0.2, 0) is 9.53 Å². The Kier molecular flexibility index (Phi) is 7.55. The van der Waals surface area contributed by atoms with Crippen molar-refractivity contribution in [3.05, 3.63) is 29.8 Å². The van der Waals surface area contributed by atoms with Crippen molar-refractivity contribution in [1.29, 1.82) is 0 Å². The Hall–Kier alpha value is -1.04. The summed E-state index contributed by atoms with van der Waals surface area (Å²) in [4.78, 5) is 12.8. The SMILES string of the molecule is COCCNC(=O)CNC(C)c1ccc(SC)cc1. The first-order chi connectivity index (χ1) is 9.17. The molecule has 19 heavy (non-hydrogen) atoms. The zero-order valence-electron chi connectivity index (χ0n) is 11.7. The molecule has 0 aliphatic carbocycles. The fraction of sp³-hybridized carbons (Fsp3) is 0.500. The van der Waals surface area contributed by atoms with E-state index in [0.29, 0.717) is 19.7 Å². The Morgan fingerprint density at radius 3 is 2.63 bits per heavy atom. The van der Waals surface area contributed by atoms with Crippen LogP contribution in [0.3, 0.4) is 0 Å². The summed E-state index contributed by atoms with van der Waals surface area (Å²) in [5, 5.41) is 5.98. The summed E-state index contributed by atoms with van der Waals surface area (Å²) in [7, 11) is 1.62. The molecule has 0 fully saturated rings. The van der Waals surface area contributed by atoms with Crippen LogP contribution in [-0.4, -0.2) is 39.0 Å². The quantitative estimate of drug-likeness (QED) is 0.564. The van der Waals surface area contributed by atoms with Crippen molar-refractivity contribution < 1.29 is 9.53 Å². The highest BCUT2D eigenvalue weighted by Crippen LogP contribution is 2.18. The van der Waals surface area contributed by atoms with Gasteiger partial charge in [-0.2, -0.15) is 0 Å². The van der Waals surface area contributed by atoms with Gasteiger partial charge in [-0.25, -0.2) is 0 Å². The van der Waals surface area contributed by atoms with Crippen LogP contribution < -0.4 is 10.6 Å². The van der Waals surface area contributed by atoms with Gasteiger partial charge >= 0.3 is 0 Å². The summed E-state index contributed by atoms with van der Waals surface area (Å²) in [5.41, 5.74) is 1.18. The summed E-state index contributed by atoms with van der Waals surface area (Å²) in [6.45, 7) is 3.46. The first-order valence-electron chi connectivity index (χ1n) is 6.30. The second-order valence-electron chi connectivity index (χ2n) is 4.22. The molecule has 0 radical (unpaired) electrons. The van der Waals surface area contributed by atoms with E-state index in [0.717, 1.165) is 0 Å². The standard InChI is InChI=1S/C14H22N2O2S/c1-11(12-4-6-13(19-3)7-5-12)16-10-14(17)15-8-9-18-2/h4-7,11,16H,8-10H2,1-3H3,(H,15,17). The number of hydrogen-bond acceptors (Lipinski definition) is 4. The average molecular weight is 282 g/mol. The number of amides is 1. The lowest BCUT2D eigenvalue weighted by molar-refractivity contribution is -0.120. The van der Waals surface area contributed by atoms with Crippen molar-refractivity contribution in [2.75, 3.05) is 33.1 Å². The number of hydrogen-bond donors (Lipinski definition) is 2. The molecule has 1 aromatic rings. The molecule has 0 bridgehead atoms. The highest BCUT2D eigenvalue weighted by Gasteiger charge is 2.07. The average Bonchev–Trinajstić information content (AvgIpc) is 2.45. The van der Waals surface area contributed by atoms with Crippen LogP contribution in [0.4, 0.5) is 0 Å². The van der Waals surface area contributed by atoms with Gasteiger partial charge < -0.3 is 15.4 Å². The largest absolute Gasteiger partial charge is 0.383 e. The minimum Gasteiger partial charge on any atom is -0.383 e. The predicted octanol–water partition coefficient (Wildman–Crippen LogP) is 1.82. The van der Waals surface area contributed by atoms with E-state index in [1.807, 2.05) is 0 Å². The van der Waals surface area contributed by atoms with E-state index in [9.17, 15) is 4.79 Å². The molecule has 0 spiro atoms. The number of benzene rings is 1. The van der Waals surface area contributed by atoms with E-state index >= 15 is 0 Å². The van der Waals surface area contributed by atoms with Gasteiger partial charge in [-0.15, -0.1) is 11.8 Å². The summed E-state index contributed by atoms with van der Waals surface area (Å²) >= 11 is 1.72. The van der Waals surface area contributed by atoms with E-state index in [1.165, 1.54) is 10.5 Å². The number of rotatable bonds is 8. The summed E-state index contributed by atoms with van der Waals surface area (Å²) in [6.07, 6.45) is 2.06. The molecule has 1 unspecified atom stereocenters. The number of carbonyl (C=O) groups excluding carboxylic acids is 1. The van der Waals surface area contributed by atoms with Gasteiger partial charge in [0.2, 0.25) is 5.91 Å². The zero-order chi connectivity index (χ0) is 14.1. The number of carbonyl (C=O) groups is 1. The maximum absolute atomic E-state index is 11.5. The number of methoxy groups -OCH3 is 1. The smallest absolute Gasteiger partial charge is 0.234 e. The topological polar surface area (TPSA) is 50.4 Å². The van der Waals surface area contributed by atoms with E-state index in [1.54, 1.807) is 18.9 Å². The second-order valence-corrected chi connectivity index (χ2v) is 5.10. The molecule has 0 heterocycles. The highest BCUT2D eigenvalue weighted by atomic mass is 32.2. The van der Waals surface area contributed by atoms with Gasteiger partial charge in [0.05, 0.1) is 13.2 Å². The Balaban J connectivity index is 2.33. The molecule has 2 N–H and O–H groups in total. The van der Waals surface area contributed by atoms with E-state index in [-0.39, 0.29) is 11.9 Å². The molecular formula is C14H22N2O2S. The lowest BCUT2D eigenvalue weighted by Crippen LogP contribution is -2.36. The molecule has 106 valence electrons. The van der Waals surface area contributed by atoms with Crippen molar-refractivity contribution in [2.45, 2.75) is 17.9 Å². The normalized spacial score (nSPS) is 12.2. The molecule has 0 saturated carbocycles. The lowest BCUT2D eigenvalue weighted by Gasteiger charge is -2.14. The van der Waals surface area contributed by atoms with Gasteiger partial charge in [-0.1, -0.05) is 12.1 Å². The molecule has 4 nitrogen and oxygen atoms in total. The van der Waals surface area contributed by atoms with Crippen LogP contribution in [0.25, 0.3) is 0 Å². The van der Waals surface area contributed by atoms with Crippen LogP contribution in [0.1, 0.15) is 18.5 Å². The van der Waals surface area contributed by atoms with Crippen LogP contribution in [0.15, 0.2) is 29.2 Å². The van der Waals surface area contributed by atoms with E-state index in [4.69, 9.17) is 4.74 Å². The molecule has 1 rings (SSSR count). The van der Waals surface area contributed by atoms with Crippen molar-refractivity contribution in [2.24, 2.45) is 0 Å². The minimum absolute atomic E-state index is 0.00960. The van der Waals surface area contributed by atoms with E-state index in [2.05, 4.69) is 48.1 Å². The predicted molar refractivity (Wildman–Crippen MR) is 79.5 cm³/mol. The number of thioether (sulfide) groups is 1. The molecule has 5 heteroatoms. The summed E-state index contributed by atoms with van der Waals surface area (Å²) in [5.74, 6) is -0.00960. The molecule has 1 aromatic carbocycles. The fourth-order valence-corrected chi connectivity index (χ4v) is 2.02. The van der Waals surface area contributed by atoms with Gasteiger partial charge in [0.1, 0.15) is 0 Å². The number of nitrogens with one attached hydrogen (secondary N) is 2. The minimum atomic E-state index is -0.00960. The maximum atomic E-state index is 11.5. The third-order valence-electron chi connectivity index (χ3n) is 2.81. The van der Waals surface area contributed by atoms with Gasteiger partial charge in [-0.3, -0.25) is 4.79 Å². The Morgan fingerprint density at radius 2 is 2.05 bits per heavy atom. The Bertz CT molecular complexity index is 382.